The van der Waals surface area contributed by atoms with Crippen LogP contribution in [0.25, 0.3) is 0 Å². The Morgan fingerprint density at radius 3 is 1.62 bits per heavy atom. The Balaban J connectivity index is -0.000000635. The van der Waals surface area contributed by atoms with Crippen molar-refractivity contribution in [2.75, 3.05) is 46.2 Å². The van der Waals surface area contributed by atoms with Gasteiger partial charge in [0.05, 0.1) is 25.9 Å². The van der Waals surface area contributed by atoms with Crippen LogP contribution in [-0.4, -0.2) is 60.9 Å². The highest BCUT2D eigenvalue weighted by atomic mass is 28.4. The fourth-order valence-corrected chi connectivity index (χ4v) is 3.65. The van der Waals surface area contributed by atoms with Crippen molar-refractivity contribution < 1.29 is 40.7 Å². The van der Waals surface area contributed by atoms with Crippen LogP contribution >= 0.6 is 0 Å². The molecule has 6 nitrogen and oxygen atoms in total. The molecule has 0 rings (SSSR count). The second-order valence-electron chi connectivity index (χ2n) is 3.69. The van der Waals surface area contributed by atoms with Crippen LogP contribution in [0.3, 0.4) is 0 Å². The number of hydrogen-bond acceptors (Lipinski definition) is 5. The van der Waals surface area contributed by atoms with Gasteiger partial charge in [0.25, 0.3) is 0 Å². The number of carbonyl (C=O) groups excluding carboxylic acids is 1. The summed E-state index contributed by atoms with van der Waals surface area (Å²) in [6.07, 6.45) is 0.124. The third kappa shape index (κ3) is 19.3. The van der Waals surface area contributed by atoms with Gasteiger partial charge in [-0.2, -0.15) is 4.94 Å². The summed E-state index contributed by atoms with van der Waals surface area (Å²) < 4.78 is 57.6. The predicted octanol–water partition coefficient (Wildman–Crippen LogP) is 2.84. The van der Waals surface area contributed by atoms with Crippen LogP contribution in [0.5, 0.6) is 0 Å². The molecule has 148 valence electrons. The molecule has 0 aromatic rings. The highest BCUT2D eigenvalue weighted by Gasteiger charge is 2.40. The molecule has 1 amide bonds. The van der Waals surface area contributed by atoms with E-state index in [1.807, 2.05) is 20.8 Å². The topological polar surface area (TPSA) is 66.0 Å². The molecule has 0 aromatic heterocycles. The summed E-state index contributed by atoms with van der Waals surface area (Å²) in [5, 5.41) is 2.61. The maximum atomic E-state index is 11.4. The van der Waals surface area contributed by atoms with Gasteiger partial charge in [0.2, 0.25) is 12.8 Å². The molecule has 0 aromatic carbocycles. The van der Waals surface area contributed by atoms with E-state index in [1.165, 1.54) is 6.92 Å². The van der Waals surface area contributed by atoms with Crippen molar-refractivity contribution in [1.29, 1.82) is 0 Å². The first kappa shape index (κ1) is 28.1. The molecule has 0 atom stereocenters. The third-order valence-corrected chi connectivity index (χ3v) is 4.80. The second kappa shape index (κ2) is 22.2. The fourth-order valence-electron chi connectivity index (χ4n) is 1.36. The summed E-state index contributed by atoms with van der Waals surface area (Å²) in [7, 11) is -2.86. The Kier molecular flexibility index (Phi) is 26.0. The molecule has 0 radical (unpaired) electrons. The van der Waals surface area contributed by atoms with Crippen molar-refractivity contribution >= 4 is 14.7 Å². The van der Waals surface area contributed by atoms with E-state index in [4.69, 9.17) is 13.3 Å². The van der Waals surface area contributed by atoms with Crippen molar-refractivity contribution in [2.45, 2.75) is 34.1 Å². The molecular formula is C13H29F4NO5Si. The van der Waals surface area contributed by atoms with Crippen LogP contribution in [0.4, 0.5) is 17.7 Å². The van der Waals surface area contributed by atoms with Gasteiger partial charge in [0, 0.05) is 19.8 Å². The number of carbonyl (C=O) groups is 1. The highest BCUT2D eigenvalue weighted by molar-refractivity contribution is 6.61. The Hall–Kier alpha value is -0.753. The minimum atomic E-state index is -2.86. The van der Waals surface area contributed by atoms with E-state index in [2.05, 4.69) is 10.3 Å². The summed E-state index contributed by atoms with van der Waals surface area (Å²) in [5.41, 5.74) is 0. The SMILES string of the molecule is CCF.CCO[Si](CNC(=O)CCOF)(OCC)OCC.FCF. The van der Waals surface area contributed by atoms with E-state index in [0.717, 1.165) is 0 Å². The van der Waals surface area contributed by atoms with Gasteiger partial charge in [-0.1, -0.05) is 0 Å². The first-order valence-electron chi connectivity index (χ1n) is 7.57. The molecule has 1 N–H and O–H groups in total. The van der Waals surface area contributed by atoms with Gasteiger partial charge in [-0.15, -0.1) is 0 Å². The zero-order chi connectivity index (χ0) is 19.3. The van der Waals surface area contributed by atoms with Crippen molar-refractivity contribution in [2.24, 2.45) is 0 Å². The van der Waals surface area contributed by atoms with Gasteiger partial charge < -0.3 is 18.6 Å². The van der Waals surface area contributed by atoms with Gasteiger partial charge in [0.15, 0.2) is 0 Å². The molecule has 0 bridgehead atoms. The molecule has 0 aliphatic carbocycles. The lowest BCUT2D eigenvalue weighted by Gasteiger charge is -2.28. The maximum absolute atomic E-state index is 11.4. The summed E-state index contributed by atoms with van der Waals surface area (Å²) >= 11 is 0. The minimum absolute atomic E-state index is 0.0502. The van der Waals surface area contributed by atoms with Crippen molar-refractivity contribution in [3.63, 3.8) is 0 Å². The molecule has 0 fully saturated rings. The Labute approximate surface area is 142 Å². The van der Waals surface area contributed by atoms with Gasteiger partial charge in [-0.25, -0.2) is 8.78 Å². The summed E-state index contributed by atoms with van der Waals surface area (Å²) in [6, 6.07) is 0. The smallest absolute Gasteiger partial charge is 0.373 e. The number of halogens is 4. The molecule has 0 saturated heterocycles. The normalized spacial score (nSPS) is 10.2. The molecule has 0 saturated carbocycles. The van der Waals surface area contributed by atoms with Crippen LogP contribution in [0, 0.1) is 0 Å². The summed E-state index contributed by atoms with van der Waals surface area (Å²) in [6.45, 7) is 6.01. The number of amides is 1. The zero-order valence-electron chi connectivity index (χ0n) is 14.7. The monoisotopic (exact) mass is 383 g/mol. The van der Waals surface area contributed by atoms with Crippen molar-refractivity contribution in [1.82, 2.24) is 5.32 Å². The van der Waals surface area contributed by atoms with Crippen LogP contribution in [0.1, 0.15) is 34.1 Å². The molecular weight excluding hydrogens is 354 g/mol. The average Bonchev–Trinajstić information content (AvgIpc) is 2.53. The Bertz CT molecular complexity index is 249. The Morgan fingerprint density at radius 1 is 0.958 bits per heavy atom. The predicted molar refractivity (Wildman–Crippen MR) is 84.1 cm³/mol. The lowest BCUT2D eigenvalue weighted by atomic mass is 10.4. The number of nitrogens with one attached hydrogen (secondary N) is 1. The van der Waals surface area contributed by atoms with Gasteiger partial charge in [0.1, 0.15) is 0 Å². The Morgan fingerprint density at radius 2 is 1.33 bits per heavy atom. The van der Waals surface area contributed by atoms with Gasteiger partial charge in [-0.3, -0.25) is 9.18 Å². The standard InChI is InChI=1S/C10H22FNO5Si.C2H5F.CH2F2/c1-4-15-18(16-5-2,17-6-3)9-12-10(13)7-8-14-11;1-2-3;2-1-3/h4-9H2,1-3H3,(H,12,13);2H2,1H3;1H2. The maximum Gasteiger partial charge on any atom is 0.521 e. The molecule has 0 aliphatic heterocycles. The lowest BCUT2D eigenvalue weighted by molar-refractivity contribution is -0.143. The molecule has 0 unspecified atom stereocenters. The fraction of sp³-hybridized carbons (Fsp3) is 0.923. The molecule has 11 heteroatoms. The van der Waals surface area contributed by atoms with Crippen LogP contribution < -0.4 is 5.32 Å². The number of hydrogen-bond donors (Lipinski definition) is 1. The highest BCUT2D eigenvalue weighted by Crippen LogP contribution is 2.09. The van der Waals surface area contributed by atoms with Crippen molar-refractivity contribution in [3.05, 3.63) is 0 Å². The lowest BCUT2D eigenvalue weighted by Crippen LogP contribution is -2.55. The summed E-state index contributed by atoms with van der Waals surface area (Å²) in [5.74, 6) is -0.330. The van der Waals surface area contributed by atoms with Gasteiger partial charge in [-0.05, 0) is 32.2 Å². The molecule has 24 heavy (non-hydrogen) atoms. The largest absolute Gasteiger partial charge is 0.521 e. The van der Waals surface area contributed by atoms with E-state index in [1.54, 1.807) is 0 Å². The minimum Gasteiger partial charge on any atom is -0.373 e. The number of alkyl halides is 3. The van der Waals surface area contributed by atoms with E-state index in [-0.39, 0.29) is 31.8 Å². The first-order chi connectivity index (χ1) is 11.5. The second-order valence-corrected chi connectivity index (χ2v) is 6.28. The molecule has 0 aliphatic rings. The summed E-state index contributed by atoms with van der Waals surface area (Å²) in [4.78, 5) is 14.7. The number of rotatable bonds is 11. The van der Waals surface area contributed by atoms with Crippen LogP contribution in [0.15, 0.2) is 0 Å². The van der Waals surface area contributed by atoms with E-state index >= 15 is 0 Å². The van der Waals surface area contributed by atoms with E-state index < -0.39 is 15.7 Å². The van der Waals surface area contributed by atoms with Crippen LogP contribution in [0.2, 0.25) is 0 Å². The molecule has 0 spiro atoms. The van der Waals surface area contributed by atoms with E-state index in [9.17, 15) is 22.5 Å². The van der Waals surface area contributed by atoms with Crippen molar-refractivity contribution in [3.8, 4) is 0 Å². The molecule has 0 heterocycles. The average molecular weight is 383 g/mol. The van der Waals surface area contributed by atoms with Gasteiger partial charge >= 0.3 is 8.80 Å². The van der Waals surface area contributed by atoms with Crippen LogP contribution in [-0.2, 0) is 23.0 Å². The quantitative estimate of drug-likeness (QED) is 0.439. The third-order valence-electron chi connectivity index (χ3n) is 2.00. The van der Waals surface area contributed by atoms with E-state index in [0.29, 0.717) is 19.8 Å². The zero-order valence-corrected chi connectivity index (χ0v) is 15.7. The first-order valence-corrected chi connectivity index (χ1v) is 9.50.